The highest BCUT2D eigenvalue weighted by Crippen LogP contribution is 2.41. The first-order valence-electron chi connectivity index (χ1n) is 18.0. The van der Waals surface area contributed by atoms with Crippen molar-refractivity contribution in [2.75, 3.05) is 125 Å². The minimum Gasteiger partial charge on any atom is -0.457 e. The first kappa shape index (κ1) is 30.9. The summed E-state index contributed by atoms with van der Waals surface area (Å²) in [5.41, 5.74) is 4.58. The molecule has 8 fully saturated rings. The molecule has 8 unspecified atom stereocenters. The molecule has 8 saturated heterocycles. The molecule has 13 nitrogen and oxygen atoms in total. The Morgan fingerprint density at radius 1 is 0.367 bits per heavy atom. The molecule has 0 radical (unpaired) electrons. The van der Waals surface area contributed by atoms with Crippen LogP contribution in [-0.4, -0.2) is 154 Å². The number of hydrogen-bond acceptors (Lipinski definition) is 13. The van der Waals surface area contributed by atoms with E-state index in [0.29, 0.717) is 0 Å². The van der Waals surface area contributed by atoms with Gasteiger partial charge in [0.1, 0.15) is 11.5 Å². The summed E-state index contributed by atoms with van der Waals surface area (Å²) >= 11 is 0. The van der Waals surface area contributed by atoms with Gasteiger partial charge in [-0.05, 0) is 24.3 Å². The van der Waals surface area contributed by atoms with E-state index in [4.69, 9.17) is 42.6 Å². The zero-order chi connectivity index (χ0) is 32.3. The van der Waals surface area contributed by atoms with E-state index >= 15 is 0 Å². The van der Waals surface area contributed by atoms with Gasteiger partial charge in [-0.1, -0.05) is 0 Å². The summed E-state index contributed by atoms with van der Waals surface area (Å²) in [7, 11) is 0. The van der Waals surface area contributed by atoms with Crippen molar-refractivity contribution in [3.05, 3.63) is 36.4 Å². The fraction of sp³-hybridized carbons (Fsp3) is 0.667. The van der Waals surface area contributed by atoms with Crippen LogP contribution in [0.5, 0.6) is 11.5 Å². The molecule has 8 aliphatic rings. The third-order valence-electron chi connectivity index (χ3n) is 10.1. The van der Waals surface area contributed by atoms with Gasteiger partial charge in [-0.2, -0.15) is 0 Å². The molecule has 0 aromatic heterocycles. The summed E-state index contributed by atoms with van der Waals surface area (Å²) in [5, 5.41) is 0. The standard InChI is InChI=1S/C36H46N4O9/c1-3-33(37(7-25-15-41-25)8-26-16-42-26)35(39(11-29-19-45-29)12-30-20-46-30)5-23(1)49-24-2-4-34(38(9-27-17-43-27)10-28-18-44-28)36(6-24)40(13-31-21-47-31)14-32-22-48-32/h1-6,25-32H,7-22H2. The van der Waals surface area contributed by atoms with Gasteiger partial charge >= 0.3 is 0 Å². The number of anilines is 4. The second kappa shape index (κ2) is 13.0. The summed E-state index contributed by atoms with van der Waals surface area (Å²) in [5.74, 6) is 1.58. The van der Waals surface area contributed by atoms with Crippen LogP contribution in [0, 0.1) is 0 Å². The Morgan fingerprint density at radius 3 is 0.816 bits per heavy atom. The number of rotatable bonds is 22. The van der Waals surface area contributed by atoms with Gasteiger partial charge in [-0.3, -0.25) is 0 Å². The molecular weight excluding hydrogens is 632 g/mol. The molecule has 0 aliphatic carbocycles. The van der Waals surface area contributed by atoms with Crippen molar-refractivity contribution in [3.8, 4) is 11.5 Å². The smallest absolute Gasteiger partial charge is 0.129 e. The predicted octanol–water partition coefficient (Wildman–Crippen LogP) is 1.89. The van der Waals surface area contributed by atoms with Crippen molar-refractivity contribution in [1.82, 2.24) is 0 Å². The van der Waals surface area contributed by atoms with Crippen LogP contribution < -0.4 is 24.3 Å². The van der Waals surface area contributed by atoms with Gasteiger partial charge in [-0.15, -0.1) is 0 Å². The molecular formula is C36H46N4O9. The number of epoxide rings is 8. The molecule has 0 N–H and O–H groups in total. The van der Waals surface area contributed by atoms with E-state index in [1.807, 2.05) is 0 Å². The maximum atomic E-state index is 6.77. The minimum absolute atomic E-state index is 0.236. The molecule has 8 aliphatic heterocycles. The Balaban J connectivity index is 0.978. The molecule has 0 amide bonds. The SMILES string of the molecule is c1cc(N(CC2CO2)CC2CO2)c(N(CC2CO2)CC2CO2)cc1Oc1ccc(N(CC2CO2)CC2CO2)c(N(CC2CO2)CC2CO2)c1. The number of hydrogen-bond donors (Lipinski definition) is 0. The van der Waals surface area contributed by atoms with E-state index in [-0.39, 0.29) is 48.8 Å². The molecule has 0 bridgehead atoms. The fourth-order valence-electron chi connectivity index (χ4n) is 6.75. The van der Waals surface area contributed by atoms with Crippen LogP contribution in [0.3, 0.4) is 0 Å². The summed E-state index contributed by atoms with van der Waals surface area (Å²) < 4.78 is 52.3. The van der Waals surface area contributed by atoms with Gasteiger partial charge in [0.05, 0.1) is 124 Å². The zero-order valence-electron chi connectivity index (χ0n) is 27.9. The van der Waals surface area contributed by atoms with Crippen molar-refractivity contribution in [2.24, 2.45) is 0 Å². The van der Waals surface area contributed by atoms with E-state index in [9.17, 15) is 0 Å². The molecule has 0 spiro atoms. The van der Waals surface area contributed by atoms with Crippen LogP contribution in [0.25, 0.3) is 0 Å². The van der Waals surface area contributed by atoms with Crippen LogP contribution in [-0.2, 0) is 37.9 Å². The fourth-order valence-corrected chi connectivity index (χ4v) is 6.75. The predicted molar refractivity (Wildman–Crippen MR) is 180 cm³/mol. The lowest BCUT2D eigenvalue weighted by Crippen LogP contribution is -2.36. The lowest BCUT2D eigenvalue weighted by atomic mass is 10.1. The quantitative estimate of drug-likeness (QED) is 0.169. The van der Waals surface area contributed by atoms with Crippen molar-refractivity contribution < 1.29 is 42.6 Å². The first-order chi connectivity index (χ1) is 24.1. The molecule has 2 aromatic carbocycles. The van der Waals surface area contributed by atoms with E-state index in [0.717, 1.165) is 139 Å². The van der Waals surface area contributed by atoms with Gasteiger partial charge in [0.25, 0.3) is 0 Å². The van der Waals surface area contributed by atoms with Crippen LogP contribution in [0.2, 0.25) is 0 Å². The summed E-state index contributed by atoms with van der Waals surface area (Å²) in [4.78, 5) is 9.70. The molecule has 10 rings (SSSR count). The van der Waals surface area contributed by atoms with E-state index in [1.54, 1.807) is 0 Å². The van der Waals surface area contributed by atoms with Crippen molar-refractivity contribution in [2.45, 2.75) is 48.8 Å². The Labute approximate surface area is 286 Å². The van der Waals surface area contributed by atoms with Gasteiger partial charge in [0.15, 0.2) is 0 Å². The Morgan fingerprint density at radius 2 is 0.592 bits per heavy atom. The Bertz CT molecular complexity index is 1320. The summed E-state index contributed by atoms with van der Waals surface area (Å²) in [6.07, 6.45) is 1.98. The molecule has 49 heavy (non-hydrogen) atoms. The molecule has 0 saturated carbocycles. The molecule has 8 atom stereocenters. The maximum absolute atomic E-state index is 6.77. The van der Waals surface area contributed by atoms with Gasteiger partial charge < -0.3 is 62.2 Å². The zero-order valence-corrected chi connectivity index (χ0v) is 27.9. The average Bonchev–Trinajstić information content (AvgIpc) is 3.91. The molecule has 8 heterocycles. The molecule has 13 heteroatoms. The highest BCUT2D eigenvalue weighted by molar-refractivity contribution is 5.76. The van der Waals surface area contributed by atoms with Gasteiger partial charge in [0, 0.05) is 64.5 Å². The Hall–Kier alpha value is -2.88. The van der Waals surface area contributed by atoms with Crippen molar-refractivity contribution >= 4 is 22.7 Å². The maximum Gasteiger partial charge on any atom is 0.129 e. The lowest BCUT2D eigenvalue weighted by Gasteiger charge is -2.33. The molecule has 264 valence electrons. The summed E-state index contributed by atoms with van der Waals surface area (Å²) in [6.45, 7) is 13.0. The van der Waals surface area contributed by atoms with Crippen molar-refractivity contribution in [3.63, 3.8) is 0 Å². The largest absolute Gasteiger partial charge is 0.457 e. The van der Waals surface area contributed by atoms with Crippen LogP contribution in [0.4, 0.5) is 22.7 Å². The van der Waals surface area contributed by atoms with Crippen molar-refractivity contribution in [1.29, 1.82) is 0 Å². The number of nitrogens with zero attached hydrogens (tertiary/aromatic N) is 4. The average molecular weight is 679 g/mol. The van der Waals surface area contributed by atoms with Gasteiger partial charge in [-0.25, -0.2) is 0 Å². The molecule has 2 aromatic rings. The van der Waals surface area contributed by atoms with Gasteiger partial charge in [0.2, 0.25) is 0 Å². The minimum atomic E-state index is 0.236. The monoisotopic (exact) mass is 678 g/mol. The Kier molecular flexibility index (Phi) is 8.21. The van der Waals surface area contributed by atoms with E-state index < -0.39 is 0 Å². The number of benzene rings is 2. The summed E-state index contributed by atoms with van der Waals surface area (Å²) in [6, 6.07) is 13.0. The normalized spacial score (nSPS) is 32.2. The van der Waals surface area contributed by atoms with Crippen LogP contribution in [0.15, 0.2) is 36.4 Å². The third kappa shape index (κ3) is 8.54. The topological polar surface area (TPSA) is 122 Å². The second-order valence-electron chi connectivity index (χ2n) is 14.7. The first-order valence-corrected chi connectivity index (χ1v) is 18.0. The highest BCUT2D eigenvalue weighted by atomic mass is 16.6. The second-order valence-corrected chi connectivity index (χ2v) is 14.7. The van der Waals surface area contributed by atoms with Crippen LogP contribution >= 0.6 is 0 Å². The third-order valence-corrected chi connectivity index (χ3v) is 10.1. The number of ether oxygens (including phenoxy) is 9. The highest BCUT2D eigenvalue weighted by Gasteiger charge is 2.38. The van der Waals surface area contributed by atoms with E-state index in [1.165, 1.54) is 0 Å². The lowest BCUT2D eigenvalue weighted by molar-refractivity contribution is 0.385. The van der Waals surface area contributed by atoms with E-state index in [2.05, 4.69) is 56.0 Å². The van der Waals surface area contributed by atoms with Crippen LogP contribution in [0.1, 0.15) is 0 Å².